The van der Waals surface area contributed by atoms with E-state index in [9.17, 15) is 4.79 Å². The van der Waals surface area contributed by atoms with Crippen molar-refractivity contribution in [3.8, 4) is 11.3 Å². The Morgan fingerprint density at radius 1 is 1.17 bits per heavy atom. The number of thiazole rings is 1. The smallest absolute Gasteiger partial charge is 0.340 e. The van der Waals surface area contributed by atoms with Gasteiger partial charge in [0.25, 0.3) is 0 Å². The topological polar surface area (TPSA) is 51.2 Å². The molecule has 114 valence electrons. The van der Waals surface area contributed by atoms with E-state index in [4.69, 9.17) is 4.74 Å². The average Bonchev–Trinajstić information content (AvgIpc) is 3.14. The molecule has 6 heteroatoms. The Hall–Kier alpha value is -2.18. The molecule has 0 saturated carbocycles. The lowest BCUT2D eigenvalue weighted by Gasteiger charge is -2.11. The number of carbonyl (C=O) groups excluding carboxylic acids is 1. The van der Waals surface area contributed by atoms with Gasteiger partial charge in [0.1, 0.15) is 0 Å². The highest BCUT2D eigenvalue weighted by atomic mass is 79.9. The van der Waals surface area contributed by atoms with Crippen LogP contribution in [0.3, 0.4) is 0 Å². The number of esters is 1. The van der Waals surface area contributed by atoms with Crippen molar-refractivity contribution in [1.82, 2.24) is 4.98 Å². The van der Waals surface area contributed by atoms with Crippen molar-refractivity contribution in [2.45, 2.75) is 6.23 Å². The van der Waals surface area contributed by atoms with Gasteiger partial charge in [-0.2, -0.15) is 0 Å². The molecule has 0 fully saturated rings. The lowest BCUT2D eigenvalue weighted by molar-refractivity contribution is 0.0437. The molecule has 0 radical (unpaired) electrons. The van der Waals surface area contributed by atoms with E-state index < -0.39 is 6.23 Å². The first kappa shape index (κ1) is 14.4. The first-order valence-electron chi connectivity index (χ1n) is 6.98. The molecule has 0 saturated heterocycles. The number of carbonyl (C=O) groups is 1. The number of anilines is 1. The molecule has 0 amide bonds. The van der Waals surface area contributed by atoms with Gasteiger partial charge < -0.3 is 10.1 Å². The van der Waals surface area contributed by atoms with Crippen LogP contribution in [0.5, 0.6) is 0 Å². The Kier molecular flexibility index (Phi) is 3.63. The Balaban J connectivity index is 1.58. The van der Waals surface area contributed by atoms with Gasteiger partial charge in [-0.05, 0) is 18.2 Å². The van der Waals surface area contributed by atoms with Gasteiger partial charge in [0.2, 0.25) is 6.23 Å². The van der Waals surface area contributed by atoms with Gasteiger partial charge in [-0.1, -0.05) is 46.3 Å². The summed E-state index contributed by atoms with van der Waals surface area (Å²) in [6, 6.07) is 15.4. The van der Waals surface area contributed by atoms with Gasteiger partial charge in [-0.25, -0.2) is 9.78 Å². The Bertz CT molecular complexity index is 894. The van der Waals surface area contributed by atoms with E-state index in [-0.39, 0.29) is 5.97 Å². The van der Waals surface area contributed by atoms with Gasteiger partial charge in [0, 0.05) is 21.0 Å². The van der Waals surface area contributed by atoms with E-state index in [1.165, 1.54) is 11.3 Å². The van der Waals surface area contributed by atoms with Crippen LogP contribution < -0.4 is 5.32 Å². The summed E-state index contributed by atoms with van der Waals surface area (Å²) in [5, 5.41) is 5.88. The van der Waals surface area contributed by atoms with Crippen LogP contribution in [-0.4, -0.2) is 11.0 Å². The fraction of sp³-hybridized carbons (Fsp3) is 0.0588. The quantitative estimate of drug-likeness (QED) is 0.653. The van der Waals surface area contributed by atoms with E-state index in [0.717, 1.165) is 26.4 Å². The molecule has 1 aliphatic rings. The van der Waals surface area contributed by atoms with E-state index in [2.05, 4.69) is 26.2 Å². The summed E-state index contributed by atoms with van der Waals surface area (Å²) in [4.78, 5) is 16.4. The number of hydrogen-bond acceptors (Lipinski definition) is 5. The highest BCUT2D eigenvalue weighted by Crippen LogP contribution is 2.33. The van der Waals surface area contributed by atoms with Crippen molar-refractivity contribution in [3.05, 3.63) is 69.5 Å². The summed E-state index contributed by atoms with van der Waals surface area (Å²) < 4.78 is 6.39. The number of benzene rings is 2. The van der Waals surface area contributed by atoms with Crippen molar-refractivity contribution in [3.63, 3.8) is 0 Å². The molecular weight excluding hydrogens is 376 g/mol. The summed E-state index contributed by atoms with van der Waals surface area (Å²) in [7, 11) is 0. The monoisotopic (exact) mass is 386 g/mol. The van der Waals surface area contributed by atoms with Crippen LogP contribution in [-0.2, 0) is 4.74 Å². The molecule has 0 unspecified atom stereocenters. The number of halogens is 1. The molecule has 2 heterocycles. The normalized spacial score (nSPS) is 16.0. The number of nitrogens with zero attached hydrogens (tertiary/aromatic N) is 1. The number of rotatable bonds is 3. The molecule has 23 heavy (non-hydrogen) atoms. The highest BCUT2D eigenvalue weighted by Gasteiger charge is 2.30. The number of aromatic nitrogens is 1. The molecular formula is C17H11BrN2O2S. The van der Waals surface area contributed by atoms with Gasteiger partial charge in [-0.3, -0.25) is 0 Å². The van der Waals surface area contributed by atoms with Crippen LogP contribution in [0.25, 0.3) is 11.3 Å². The zero-order valence-electron chi connectivity index (χ0n) is 11.8. The average molecular weight is 387 g/mol. The minimum absolute atomic E-state index is 0.304. The second kappa shape index (κ2) is 5.79. The molecule has 1 aromatic heterocycles. The maximum absolute atomic E-state index is 11.8. The summed E-state index contributed by atoms with van der Waals surface area (Å²) in [5.41, 5.74) is 3.37. The highest BCUT2D eigenvalue weighted by molar-refractivity contribution is 9.10. The van der Waals surface area contributed by atoms with E-state index >= 15 is 0 Å². The molecule has 1 atom stereocenters. The Morgan fingerprint density at radius 2 is 2.04 bits per heavy atom. The fourth-order valence-corrected chi connectivity index (χ4v) is 3.62. The van der Waals surface area contributed by atoms with Crippen molar-refractivity contribution in [1.29, 1.82) is 0 Å². The standard InChI is InChI=1S/C17H11BrN2O2S/c18-11-5-3-4-10(8-11)14-9-23-17(19-14)20-15-12-6-1-2-7-13(12)16(21)22-15/h1-9,15H,(H,19,20)/t15-/m1/s1. The molecule has 3 aromatic rings. The predicted molar refractivity (Wildman–Crippen MR) is 93.5 cm³/mol. The molecule has 0 bridgehead atoms. The molecule has 0 aliphatic carbocycles. The van der Waals surface area contributed by atoms with Crippen LogP contribution in [0.15, 0.2) is 58.4 Å². The van der Waals surface area contributed by atoms with E-state index in [0.29, 0.717) is 5.56 Å². The van der Waals surface area contributed by atoms with Crippen molar-refractivity contribution in [2.75, 3.05) is 5.32 Å². The maximum Gasteiger partial charge on any atom is 0.340 e. The lowest BCUT2D eigenvalue weighted by Crippen LogP contribution is -2.09. The summed E-state index contributed by atoms with van der Waals surface area (Å²) in [6.07, 6.45) is -0.486. The number of nitrogens with one attached hydrogen (secondary N) is 1. The molecule has 0 spiro atoms. The first-order valence-corrected chi connectivity index (χ1v) is 8.66. The van der Waals surface area contributed by atoms with Crippen LogP contribution in [0.2, 0.25) is 0 Å². The minimum atomic E-state index is -0.486. The summed E-state index contributed by atoms with van der Waals surface area (Å²) in [5.74, 6) is -0.304. The largest absolute Gasteiger partial charge is 0.434 e. The molecule has 1 aliphatic heterocycles. The Morgan fingerprint density at radius 3 is 2.91 bits per heavy atom. The second-order valence-corrected chi connectivity index (χ2v) is 6.84. The minimum Gasteiger partial charge on any atom is -0.434 e. The molecule has 1 N–H and O–H groups in total. The van der Waals surface area contributed by atoms with Gasteiger partial charge >= 0.3 is 5.97 Å². The van der Waals surface area contributed by atoms with Gasteiger partial charge in [0.05, 0.1) is 11.3 Å². The zero-order chi connectivity index (χ0) is 15.8. The third-order valence-electron chi connectivity index (χ3n) is 3.57. The third kappa shape index (κ3) is 2.75. The zero-order valence-corrected chi connectivity index (χ0v) is 14.2. The van der Waals surface area contributed by atoms with Crippen LogP contribution in [0.1, 0.15) is 22.1 Å². The fourth-order valence-electron chi connectivity index (χ4n) is 2.49. The third-order valence-corrected chi connectivity index (χ3v) is 4.83. The maximum atomic E-state index is 11.8. The van der Waals surface area contributed by atoms with Crippen molar-refractivity contribution >= 4 is 38.4 Å². The summed E-state index contributed by atoms with van der Waals surface area (Å²) in [6.45, 7) is 0. The summed E-state index contributed by atoms with van der Waals surface area (Å²) >= 11 is 4.95. The molecule has 4 rings (SSSR count). The first-order chi connectivity index (χ1) is 11.2. The van der Waals surface area contributed by atoms with E-state index in [1.807, 2.05) is 47.8 Å². The van der Waals surface area contributed by atoms with Gasteiger partial charge in [-0.15, -0.1) is 11.3 Å². The second-order valence-electron chi connectivity index (χ2n) is 5.07. The molecule has 2 aromatic carbocycles. The van der Waals surface area contributed by atoms with Crippen LogP contribution in [0.4, 0.5) is 5.13 Å². The van der Waals surface area contributed by atoms with Crippen LogP contribution in [0, 0.1) is 0 Å². The lowest BCUT2D eigenvalue weighted by atomic mass is 10.1. The number of ether oxygens (including phenoxy) is 1. The Labute approximate surface area is 145 Å². The number of cyclic esters (lactones) is 1. The van der Waals surface area contributed by atoms with Crippen LogP contribution >= 0.6 is 27.3 Å². The predicted octanol–water partition coefficient (Wildman–Crippen LogP) is 4.85. The molecule has 4 nitrogen and oxygen atoms in total. The van der Waals surface area contributed by atoms with Crippen molar-refractivity contribution in [2.24, 2.45) is 0 Å². The number of hydrogen-bond donors (Lipinski definition) is 1. The number of fused-ring (bicyclic) bond motifs is 1. The SMILES string of the molecule is O=C1O[C@@H](Nc2nc(-c3cccc(Br)c3)cs2)c2ccccc21. The van der Waals surface area contributed by atoms with Gasteiger partial charge in [0.15, 0.2) is 5.13 Å². The van der Waals surface area contributed by atoms with E-state index in [1.54, 1.807) is 6.07 Å². The van der Waals surface area contributed by atoms with Crippen molar-refractivity contribution < 1.29 is 9.53 Å².